The van der Waals surface area contributed by atoms with Crippen molar-refractivity contribution in [1.29, 1.82) is 0 Å². The van der Waals surface area contributed by atoms with E-state index in [4.69, 9.17) is 10.2 Å². The summed E-state index contributed by atoms with van der Waals surface area (Å²) in [7, 11) is 1.90. The Hall–Kier alpha value is -2.02. The highest BCUT2D eigenvalue weighted by atomic mass is 32.2. The van der Waals surface area contributed by atoms with Crippen LogP contribution in [0.1, 0.15) is 5.89 Å². The molecule has 0 fully saturated rings. The van der Waals surface area contributed by atoms with Gasteiger partial charge in [0.2, 0.25) is 5.89 Å². The van der Waals surface area contributed by atoms with Crippen LogP contribution in [-0.4, -0.2) is 19.7 Å². The molecule has 0 bridgehead atoms. The van der Waals surface area contributed by atoms with Crippen LogP contribution >= 0.6 is 11.8 Å². The summed E-state index contributed by atoms with van der Waals surface area (Å²) in [5.41, 5.74) is 7.88. The van der Waals surface area contributed by atoms with Gasteiger partial charge in [0.05, 0.1) is 11.4 Å². The van der Waals surface area contributed by atoms with E-state index in [9.17, 15) is 0 Å². The van der Waals surface area contributed by atoms with E-state index >= 15 is 0 Å². The van der Waals surface area contributed by atoms with Crippen molar-refractivity contribution in [2.45, 2.75) is 10.9 Å². The number of nitrogens with two attached hydrogens (primary N) is 1. The number of para-hydroxylation sites is 1. The molecule has 2 heterocycles. The fourth-order valence-electron chi connectivity index (χ4n) is 1.61. The van der Waals surface area contributed by atoms with Gasteiger partial charge in [-0.1, -0.05) is 17.8 Å². The summed E-state index contributed by atoms with van der Waals surface area (Å²) < 4.78 is 7.47. The fraction of sp³-hybridized carbons (Fsp3) is 0.182. The van der Waals surface area contributed by atoms with Crippen LogP contribution in [0.5, 0.6) is 0 Å². The van der Waals surface area contributed by atoms with E-state index in [0.717, 1.165) is 5.16 Å². The standard InChI is InChI=1S/C11H11N5OS/c1-16-6-13-15-11(16)18-5-9-14-10-7(12)3-2-4-8(10)17-9/h2-4,6H,5,12H2,1H3. The predicted octanol–water partition coefficient (Wildman–Crippen LogP) is 1.83. The summed E-state index contributed by atoms with van der Waals surface area (Å²) in [6, 6.07) is 5.52. The zero-order valence-corrected chi connectivity index (χ0v) is 10.5. The van der Waals surface area contributed by atoms with Crippen LogP contribution < -0.4 is 5.73 Å². The topological polar surface area (TPSA) is 82.8 Å². The molecule has 3 aromatic rings. The summed E-state index contributed by atoms with van der Waals surface area (Å²) in [5, 5.41) is 8.62. The number of hydrogen-bond donors (Lipinski definition) is 1. The third-order valence-electron chi connectivity index (χ3n) is 2.49. The molecule has 6 nitrogen and oxygen atoms in total. The number of aromatic nitrogens is 4. The third-order valence-corrected chi connectivity index (χ3v) is 3.51. The van der Waals surface area contributed by atoms with Gasteiger partial charge in [0.25, 0.3) is 0 Å². The molecule has 3 rings (SSSR count). The Labute approximate surface area is 107 Å². The van der Waals surface area contributed by atoms with Crippen LogP contribution in [0.4, 0.5) is 5.69 Å². The van der Waals surface area contributed by atoms with Crippen LogP contribution in [0.3, 0.4) is 0 Å². The number of rotatable bonds is 3. The fourth-order valence-corrected chi connectivity index (χ4v) is 2.34. The van der Waals surface area contributed by atoms with Crippen molar-refractivity contribution >= 4 is 28.5 Å². The van der Waals surface area contributed by atoms with E-state index in [1.807, 2.05) is 29.8 Å². The van der Waals surface area contributed by atoms with Gasteiger partial charge in [0.15, 0.2) is 10.7 Å². The lowest BCUT2D eigenvalue weighted by atomic mass is 10.3. The second-order valence-electron chi connectivity index (χ2n) is 3.81. The number of fused-ring (bicyclic) bond motifs is 1. The van der Waals surface area contributed by atoms with E-state index in [2.05, 4.69) is 15.2 Å². The molecule has 0 aliphatic heterocycles. The summed E-state index contributed by atoms with van der Waals surface area (Å²) in [6.45, 7) is 0. The van der Waals surface area contributed by atoms with Crippen molar-refractivity contribution in [3.63, 3.8) is 0 Å². The third kappa shape index (κ3) is 1.92. The molecule has 0 saturated heterocycles. The van der Waals surface area contributed by atoms with E-state index < -0.39 is 0 Å². The highest BCUT2D eigenvalue weighted by molar-refractivity contribution is 7.98. The summed E-state index contributed by atoms with van der Waals surface area (Å²) in [4.78, 5) is 4.37. The zero-order valence-electron chi connectivity index (χ0n) is 9.70. The van der Waals surface area contributed by atoms with Crippen LogP contribution in [0.25, 0.3) is 11.1 Å². The molecule has 0 radical (unpaired) electrons. The van der Waals surface area contributed by atoms with Crippen LogP contribution in [0.15, 0.2) is 34.1 Å². The monoisotopic (exact) mass is 261 g/mol. The predicted molar refractivity (Wildman–Crippen MR) is 69.0 cm³/mol. The Morgan fingerprint density at radius 3 is 3.06 bits per heavy atom. The molecule has 2 N–H and O–H groups in total. The minimum atomic E-state index is 0.598. The first-order valence-electron chi connectivity index (χ1n) is 5.35. The highest BCUT2D eigenvalue weighted by Crippen LogP contribution is 2.25. The van der Waals surface area contributed by atoms with Crippen molar-refractivity contribution in [1.82, 2.24) is 19.7 Å². The molecule has 0 saturated carbocycles. The van der Waals surface area contributed by atoms with Crippen LogP contribution in [-0.2, 0) is 12.8 Å². The van der Waals surface area contributed by atoms with Gasteiger partial charge in [-0.3, -0.25) is 0 Å². The minimum Gasteiger partial charge on any atom is -0.440 e. The highest BCUT2D eigenvalue weighted by Gasteiger charge is 2.10. The molecule has 2 aromatic heterocycles. The van der Waals surface area contributed by atoms with Gasteiger partial charge in [-0.2, -0.15) is 0 Å². The van der Waals surface area contributed by atoms with Crippen molar-refractivity contribution in [2.75, 3.05) is 5.73 Å². The number of benzene rings is 1. The number of anilines is 1. The first-order chi connectivity index (χ1) is 8.74. The Bertz CT molecular complexity index is 690. The van der Waals surface area contributed by atoms with E-state index in [1.54, 1.807) is 6.33 Å². The lowest BCUT2D eigenvalue weighted by Gasteiger charge is -1.96. The molecule has 7 heteroatoms. The first-order valence-corrected chi connectivity index (χ1v) is 6.33. The van der Waals surface area contributed by atoms with Gasteiger partial charge in [0.1, 0.15) is 11.8 Å². The lowest BCUT2D eigenvalue weighted by Crippen LogP contribution is -1.90. The molecule has 18 heavy (non-hydrogen) atoms. The molecule has 1 aromatic carbocycles. The smallest absolute Gasteiger partial charge is 0.206 e. The zero-order chi connectivity index (χ0) is 12.5. The first kappa shape index (κ1) is 11.1. The molecule has 0 unspecified atom stereocenters. The van der Waals surface area contributed by atoms with Gasteiger partial charge >= 0.3 is 0 Å². The average Bonchev–Trinajstić information content (AvgIpc) is 2.93. The van der Waals surface area contributed by atoms with Crippen molar-refractivity contribution in [2.24, 2.45) is 7.05 Å². The largest absolute Gasteiger partial charge is 0.440 e. The number of nitrogens with zero attached hydrogens (tertiary/aromatic N) is 4. The van der Waals surface area contributed by atoms with E-state index in [0.29, 0.717) is 28.4 Å². The van der Waals surface area contributed by atoms with E-state index in [-0.39, 0.29) is 0 Å². The Kier molecular flexibility index (Phi) is 2.67. The molecular formula is C11H11N5OS. The summed E-state index contributed by atoms with van der Waals surface area (Å²) in [5.74, 6) is 1.23. The second kappa shape index (κ2) is 4.34. The minimum absolute atomic E-state index is 0.598. The number of aryl methyl sites for hydroxylation is 1. The normalized spacial score (nSPS) is 11.2. The molecule has 0 aliphatic rings. The van der Waals surface area contributed by atoms with Crippen molar-refractivity contribution < 1.29 is 4.42 Å². The maximum absolute atomic E-state index is 5.83. The summed E-state index contributed by atoms with van der Waals surface area (Å²) in [6.07, 6.45) is 1.66. The maximum atomic E-state index is 5.83. The number of hydrogen-bond acceptors (Lipinski definition) is 6. The maximum Gasteiger partial charge on any atom is 0.206 e. The van der Waals surface area contributed by atoms with Crippen molar-refractivity contribution in [3.05, 3.63) is 30.4 Å². The molecule has 0 atom stereocenters. The van der Waals surface area contributed by atoms with Crippen LogP contribution in [0.2, 0.25) is 0 Å². The number of nitrogen functional groups attached to an aromatic ring is 1. The Morgan fingerprint density at radius 1 is 1.44 bits per heavy atom. The Morgan fingerprint density at radius 2 is 2.33 bits per heavy atom. The SMILES string of the molecule is Cn1cnnc1SCc1nc2c(N)cccc2o1. The Balaban J connectivity index is 1.83. The van der Waals surface area contributed by atoms with Crippen molar-refractivity contribution in [3.8, 4) is 0 Å². The van der Waals surface area contributed by atoms with Gasteiger partial charge in [0, 0.05) is 7.05 Å². The quantitative estimate of drug-likeness (QED) is 0.572. The number of thioether (sulfide) groups is 1. The van der Waals surface area contributed by atoms with Gasteiger partial charge in [-0.05, 0) is 12.1 Å². The number of oxazole rings is 1. The van der Waals surface area contributed by atoms with Crippen LogP contribution in [0, 0.1) is 0 Å². The van der Waals surface area contributed by atoms with Gasteiger partial charge in [-0.25, -0.2) is 4.98 Å². The molecule has 92 valence electrons. The second-order valence-corrected chi connectivity index (χ2v) is 4.76. The average molecular weight is 261 g/mol. The van der Waals surface area contributed by atoms with Gasteiger partial charge in [-0.15, -0.1) is 10.2 Å². The summed E-state index contributed by atoms with van der Waals surface area (Å²) >= 11 is 1.52. The lowest BCUT2D eigenvalue weighted by molar-refractivity contribution is 0.555. The molecule has 0 aliphatic carbocycles. The van der Waals surface area contributed by atoms with E-state index in [1.165, 1.54) is 11.8 Å². The molecule has 0 spiro atoms. The molecular weight excluding hydrogens is 250 g/mol. The molecule has 0 amide bonds. The van der Waals surface area contributed by atoms with Gasteiger partial charge < -0.3 is 14.7 Å².